The maximum atomic E-state index is 5.44. The second-order valence-electron chi connectivity index (χ2n) is 4.92. The number of likely N-dealkylation sites (N-methyl/N-ethyl adjacent to an activating group) is 1. The summed E-state index contributed by atoms with van der Waals surface area (Å²) in [5, 5.41) is 3.53. The fourth-order valence-corrected chi connectivity index (χ4v) is 2.41. The monoisotopic (exact) mass is 270 g/mol. The molecular weight excluding hydrogens is 248 g/mol. The maximum absolute atomic E-state index is 5.44. The fraction of sp³-hybridized carbons (Fsp3) is 0.353. The van der Waals surface area contributed by atoms with E-state index >= 15 is 0 Å². The second kappa shape index (κ2) is 7.06. The van der Waals surface area contributed by atoms with Gasteiger partial charge in [0.1, 0.15) is 5.75 Å². The lowest BCUT2D eigenvalue weighted by Gasteiger charge is -2.20. The van der Waals surface area contributed by atoms with Crippen molar-refractivity contribution in [2.45, 2.75) is 26.3 Å². The molecule has 1 atom stereocenters. The zero-order chi connectivity index (χ0) is 14.4. The Balaban J connectivity index is 2.25. The van der Waals surface area contributed by atoms with E-state index in [4.69, 9.17) is 4.74 Å². The molecular formula is C17H22N2O. The van der Waals surface area contributed by atoms with Crippen LogP contribution in [0.2, 0.25) is 0 Å². The molecule has 1 aromatic carbocycles. The summed E-state index contributed by atoms with van der Waals surface area (Å²) in [5.41, 5.74) is 3.62. The largest absolute Gasteiger partial charge is 0.496 e. The summed E-state index contributed by atoms with van der Waals surface area (Å²) in [4.78, 5) is 4.30. The summed E-state index contributed by atoms with van der Waals surface area (Å²) < 4.78 is 5.44. The van der Waals surface area contributed by atoms with Gasteiger partial charge in [-0.3, -0.25) is 4.98 Å². The minimum Gasteiger partial charge on any atom is -0.496 e. The summed E-state index contributed by atoms with van der Waals surface area (Å²) in [6.45, 7) is 5.12. The van der Waals surface area contributed by atoms with Crippen LogP contribution in [0, 0.1) is 6.92 Å². The van der Waals surface area contributed by atoms with Gasteiger partial charge in [0.25, 0.3) is 0 Å². The van der Waals surface area contributed by atoms with Gasteiger partial charge in [-0.2, -0.15) is 0 Å². The van der Waals surface area contributed by atoms with Crippen molar-refractivity contribution in [1.29, 1.82) is 0 Å². The predicted molar refractivity (Wildman–Crippen MR) is 82.1 cm³/mol. The van der Waals surface area contributed by atoms with Crippen LogP contribution in [0.15, 0.2) is 42.7 Å². The van der Waals surface area contributed by atoms with E-state index in [-0.39, 0.29) is 6.04 Å². The van der Waals surface area contributed by atoms with Crippen molar-refractivity contribution in [2.75, 3.05) is 13.7 Å². The molecule has 0 aliphatic heterocycles. The lowest BCUT2D eigenvalue weighted by Crippen LogP contribution is -2.23. The molecule has 0 fully saturated rings. The Hall–Kier alpha value is -1.87. The number of ether oxygens (including phenoxy) is 1. The van der Waals surface area contributed by atoms with Gasteiger partial charge in [-0.15, -0.1) is 0 Å². The van der Waals surface area contributed by atoms with Crippen molar-refractivity contribution < 1.29 is 4.74 Å². The number of nitrogens with zero attached hydrogens (tertiary/aromatic N) is 1. The third-order valence-electron chi connectivity index (χ3n) is 3.37. The molecule has 0 saturated heterocycles. The van der Waals surface area contributed by atoms with E-state index in [0.29, 0.717) is 0 Å². The third-order valence-corrected chi connectivity index (χ3v) is 3.37. The van der Waals surface area contributed by atoms with Gasteiger partial charge < -0.3 is 10.1 Å². The molecule has 0 aliphatic rings. The Kier molecular flexibility index (Phi) is 5.13. The van der Waals surface area contributed by atoms with E-state index in [9.17, 15) is 0 Å². The number of rotatable bonds is 6. The molecule has 106 valence electrons. The van der Waals surface area contributed by atoms with Crippen LogP contribution >= 0.6 is 0 Å². The number of aromatic nitrogens is 1. The van der Waals surface area contributed by atoms with Crippen LogP contribution in [0.5, 0.6) is 5.75 Å². The molecule has 0 bridgehead atoms. The van der Waals surface area contributed by atoms with Gasteiger partial charge in [0.05, 0.1) is 7.11 Å². The molecule has 3 heteroatoms. The SMILES string of the molecule is CCNC(Cc1ccccc1OC)c1cncc(C)c1. The van der Waals surface area contributed by atoms with E-state index < -0.39 is 0 Å². The molecule has 1 N–H and O–H groups in total. The Labute approximate surface area is 121 Å². The summed E-state index contributed by atoms with van der Waals surface area (Å²) in [7, 11) is 1.72. The van der Waals surface area contributed by atoms with Crippen LogP contribution < -0.4 is 10.1 Å². The van der Waals surface area contributed by atoms with Crippen LogP contribution in [0.1, 0.15) is 29.7 Å². The van der Waals surface area contributed by atoms with Crippen molar-refractivity contribution in [3.63, 3.8) is 0 Å². The summed E-state index contributed by atoms with van der Waals surface area (Å²) >= 11 is 0. The van der Waals surface area contributed by atoms with E-state index in [1.54, 1.807) is 7.11 Å². The molecule has 2 aromatic rings. The number of aryl methyl sites for hydroxylation is 1. The van der Waals surface area contributed by atoms with E-state index in [0.717, 1.165) is 18.7 Å². The highest BCUT2D eigenvalue weighted by atomic mass is 16.5. The lowest BCUT2D eigenvalue weighted by molar-refractivity contribution is 0.405. The van der Waals surface area contributed by atoms with Crippen LogP contribution in [0.4, 0.5) is 0 Å². The van der Waals surface area contributed by atoms with Crippen molar-refractivity contribution in [2.24, 2.45) is 0 Å². The first-order chi connectivity index (χ1) is 9.74. The minimum absolute atomic E-state index is 0.253. The second-order valence-corrected chi connectivity index (χ2v) is 4.92. The number of benzene rings is 1. The fourth-order valence-electron chi connectivity index (χ4n) is 2.41. The molecule has 2 rings (SSSR count). The van der Waals surface area contributed by atoms with Gasteiger partial charge in [-0.25, -0.2) is 0 Å². The highest BCUT2D eigenvalue weighted by Crippen LogP contribution is 2.25. The predicted octanol–water partition coefficient (Wildman–Crippen LogP) is 3.29. The van der Waals surface area contributed by atoms with E-state index in [1.165, 1.54) is 16.7 Å². The number of para-hydroxylation sites is 1. The van der Waals surface area contributed by atoms with Crippen LogP contribution in [-0.2, 0) is 6.42 Å². The third kappa shape index (κ3) is 3.58. The van der Waals surface area contributed by atoms with Crippen molar-refractivity contribution >= 4 is 0 Å². The highest BCUT2D eigenvalue weighted by molar-refractivity contribution is 5.35. The van der Waals surface area contributed by atoms with Crippen LogP contribution in [0.3, 0.4) is 0 Å². The zero-order valence-corrected chi connectivity index (χ0v) is 12.4. The first-order valence-electron chi connectivity index (χ1n) is 7.01. The molecule has 20 heavy (non-hydrogen) atoms. The maximum Gasteiger partial charge on any atom is 0.122 e. The molecule has 0 saturated carbocycles. The van der Waals surface area contributed by atoms with Gasteiger partial charge in [0, 0.05) is 18.4 Å². The molecule has 0 aliphatic carbocycles. The average Bonchev–Trinajstić information content (AvgIpc) is 2.47. The number of hydrogen-bond acceptors (Lipinski definition) is 3. The smallest absolute Gasteiger partial charge is 0.122 e. The lowest BCUT2D eigenvalue weighted by atomic mass is 9.98. The molecule has 0 spiro atoms. The van der Waals surface area contributed by atoms with E-state index in [2.05, 4.69) is 42.3 Å². The first-order valence-corrected chi connectivity index (χ1v) is 7.01. The van der Waals surface area contributed by atoms with Gasteiger partial charge >= 0.3 is 0 Å². The minimum atomic E-state index is 0.253. The van der Waals surface area contributed by atoms with Gasteiger partial charge in [0.15, 0.2) is 0 Å². The average molecular weight is 270 g/mol. The number of pyridine rings is 1. The van der Waals surface area contributed by atoms with Crippen molar-refractivity contribution in [3.8, 4) is 5.75 Å². The molecule has 0 radical (unpaired) electrons. The highest BCUT2D eigenvalue weighted by Gasteiger charge is 2.14. The van der Waals surface area contributed by atoms with Crippen molar-refractivity contribution in [1.82, 2.24) is 10.3 Å². The van der Waals surface area contributed by atoms with Crippen molar-refractivity contribution in [3.05, 3.63) is 59.4 Å². The number of methoxy groups -OCH3 is 1. The Morgan fingerprint density at radius 2 is 2.05 bits per heavy atom. The summed E-state index contributed by atoms with van der Waals surface area (Å²) in [6.07, 6.45) is 4.72. The number of hydrogen-bond donors (Lipinski definition) is 1. The summed E-state index contributed by atoms with van der Waals surface area (Å²) in [6, 6.07) is 10.6. The molecule has 1 aromatic heterocycles. The van der Waals surface area contributed by atoms with Crippen LogP contribution in [-0.4, -0.2) is 18.6 Å². The topological polar surface area (TPSA) is 34.1 Å². The Morgan fingerprint density at radius 3 is 2.75 bits per heavy atom. The van der Waals surface area contributed by atoms with Gasteiger partial charge in [-0.1, -0.05) is 31.2 Å². The molecule has 0 amide bonds. The zero-order valence-electron chi connectivity index (χ0n) is 12.4. The van der Waals surface area contributed by atoms with Gasteiger partial charge in [0.2, 0.25) is 0 Å². The number of nitrogens with one attached hydrogen (secondary N) is 1. The Bertz CT molecular complexity index is 554. The normalized spacial score (nSPS) is 12.2. The molecule has 3 nitrogen and oxygen atoms in total. The standard InChI is InChI=1S/C17H22N2O/c1-4-19-16(15-9-13(2)11-18-12-15)10-14-7-5-6-8-17(14)20-3/h5-9,11-12,16,19H,4,10H2,1-3H3. The van der Waals surface area contributed by atoms with Crippen LogP contribution in [0.25, 0.3) is 0 Å². The molecule has 1 heterocycles. The first kappa shape index (κ1) is 14.5. The quantitative estimate of drug-likeness (QED) is 0.874. The summed E-state index contributed by atoms with van der Waals surface area (Å²) in [5.74, 6) is 0.941. The van der Waals surface area contributed by atoms with E-state index in [1.807, 2.05) is 24.5 Å². The van der Waals surface area contributed by atoms with Gasteiger partial charge in [-0.05, 0) is 42.6 Å². The Morgan fingerprint density at radius 1 is 1.25 bits per heavy atom. The molecule has 1 unspecified atom stereocenters.